The minimum Gasteiger partial charge on any atom is -0.476 e. The Hall–Kier alpha value is 0.0400. The maximum atomic E-state index is 6.02. The Morgan fingerprint density at radius 1 is 1.00 bits per heavy atom. The van der Waals surface area contributed by atoms with Crippen molar-refractivity contribution in [3.8, 4) is 0 Å². The van der Waals surface area contributed by atoms with Crippen LogP contribution in [0.25, 0.3) is 0 Å². The van der Waals surface area contributed by atoms with Gasteiger partial charge in [0, 0.05) is 0 Å². The van der Waals surface area contributed by atoms with E-state index in [1.807, 2.05) is 34.0 Å². The zero-order valence-electron chi connectivity index (χ0n) is 13.4. The molecular weight excluding hydrogens is 328 g/mol. The highest BCUT2D eigenvalue weighted by molar-refractivity contribution is 8.22. The Kier molecular flexibility index (Phi) is 4.48. The lowest BCUT2D eigenvalue weighted by atomic mass is 9.99. The van der Waals surface area contributed by atoms with Crippen LogP contribution in [0.5, 0.6) is 0 Å². The summed E-state index contributed by atoms with van der Waals surface area (Å²) < 4.78 is 35.8. The zero-order valence-corrected chi connectivity index (χ0v) is 15.0. The molecule has 6 nitrogen and oxygen atoms in total. The maximum absolute atomic E-state index is 6.02. The Bertz CT molecular complexity index is 455. The molecule has 0 bridgehead atoms. The minimum atomic E-state index is -0.708. The van der Waals surface area contributed by atoms with Gasteiger partial charge in [-0.15, -0.1) is 0 Å². The molecule has 22 heavy (non-hydrogen) atoms. The SMILES string of the molecule is CSC(=S)OC[C@H]1O[C@@H]2OC(C)(C)O[C@@H]2[C@H]2OC(C)(C)O[C@H]21. The zero-order chi connectivity index (χ0) is 16.1. The van der Waals surface area contributed by atoms with Crippen LogP contribution in [0.1, 0.15) is 27.7 Å². The Morgan fingerprint density at radius 3 is 2.27 bits per heavy atom. The smallest absolute Gasteiger partial charge is 0.219 e. The van der Waals surface area contributed by atoms with Gasteiger partial charge in [-0.3, -0.25) is 0 Å². The van der Waals surface area contributed by atoms with E-state index in [2.05, 4.69) is 0 Å². The van der Waals surface area contributed by atoms with Gasteiger partial charge < -0.3 is 28.4 Å². The average molecular weight is 350 g/mol. The fourth-order valence-electron chi connectivity index (χ4n) is 3.04. The van der Waals surface area contributed by atoms with E-state index in [0.717, 1.165) is 0 Å². The highest BCUT2D eigenvalue weighted by Crippen LogP contribution is 2.44. The van der Waals surface area contributed by atoms with Crippen molar-refractivity contribution in [3.63, 3.8) is 0 Å². The number of hydrogen-bond acceptors (Lipinski definition) is 8. The summed E-state index contributed by atoms with van der Waals surface area (Å²) in [6.45, 7) is 7.78. The number of thioether (sulfide) groups is 1. The summed E-state index contributed by atoms with van der Waals surface area (Å²) in [5.74, 6) is -1.40. The van der Waals surface area contributed by atoms with Crippen LogP contribution in [0.3, 0.4) is 0 Å². The fourth-order valence-corrected chi connectivity index (χ4v) is 3.29. The molecule has 8 heteroatoms. The van der Waals surface area contributed by atoms with Gasteiger partial charge in [0.1, 0.15) is 31.0 Å². The van der Waals surface area contributed by atoms with E-state index in [1.165, 1.54) is 11.8 Å². The summed E-state index contributed by atoms with van der Waals surface area (Å²) in [6.07, 6.45) is 0.203. The van der Waals surface area contributed by atoms with Crippen LogP contribution in [0.4, 0.5) is 0 Å². The van der Waals surface area contributed by atoms with Crippen molar-refractivity contribution in [3.05, 3.63) is 0 Å². The number of rotatable bonds is 2. The summed E-state index contributed by atoms with van der Waals surface area (Å²) in [5, 5.41) is 0. The topological polar surface area (TPSA) is 55.4 Å². The molecular formula is C14H22O6S2. The highest BCUT2D eigenvalue weighted by atomic mass is 32.2. The summed E-state index contributed by atoms with van der Waals surface area (Å²) in [7, 11) is 0. The van der Waals surface area contributed by atoms with Crippen molar-refractivity contribution >= 4 is 28.4 Å². The first kappa shape index (κ1) is 16.9. The molecule has 0 amide bonds. The molecule has 0 aromatic rings. The first-order chi connectivity index (χ1) is 10.2. The van der Waals surface area contributed by atoms with Crippen molar-refractivity contribution < 1.29 is 28.4 Å². The molecule has 0 saturated carbocycles. The van der Waals surface area contributed by atoms with Crippen molar-refractivity contribution in [1.82, 2.24) is 0 Å². The van der Waals surface area contributed by atoms with Crippen molar-refractivity contribution in [2.45, 2.75) is 70.0 Å². The van der Waals surface area contributed by atoms with E-state index in [4.69, 9.17) is 40.6 Å². The quantitative estimate of drug-likeness (QED) is 0.702. The van der Waals surface area contributed by atoms with E-state index in [-0.39, 0.29) is 24.4 Å². The van der Waals surface area contributed by atoms with E-state index in [1.54, 1.807) is 0 Å². The summed E-state index contributed by atoms with van der Waals surface area (Å²) in [6, 6.07) is 0. The third-order valence-corrected chi connectivity index (χ3v) is 4.85. The number of thiocarbonyl (C=S) groups is 1. The van der Waals surface area contributed by atoms with E-state index >= 15 is 0 Å². The molecule has 3 heterocycles. The van der Waals surface area contributed by atoms with Gasteiger partial charge in [0.05, 0.1) is 0 Å². The lowest BCUT2D eigenvalue weighted by molar-refractivity contribution is -0.239. The third kappa shape index (κ3) is 3.28. The van der Waals surface area contributed by atoms with Crippen molar-refractivity contribution in [2.75, 3.05) is 12.9 Å². The molecule has 0 aliphatic carbocycles. The van der Waals surface area contributed by atoms with Gasteiger partial charge >= 0.3 is 0 Å². The summed E-state index contributed by atoms with van der Waals surface area (Å²) >= 11 is 6.46. The van der Waals surface area contributed by atoms with Crippen LogP contribution in [0.15, 0.2) is 0 Å². The van der Waals surface area contributed by atoms with Crippen LogP contribution >= 0.6 is 24.0 Å². The Balaban J connectivity index is 1.76. The van der Waals surface area contributed by atoms with Gasteiger partial charge in [-0.25, -0.2) is 0 Å². The summed E-state index contributed by atoms with van der Waals surface area (Å²) in [4.78, 5) is 0. The monoisotopic (exact) mass is 350 g/mol. The Labute approximate surface area is 140 Å². The molecule has 0 aromatic carbocycles. The van der Waals surface area contributed by atoms with Crippen LogP contribution in [-0.2, 0) is 28.4 Å². The second-order valence-electron chi connectivity index (χ2n) is 6.47. The van der Waals surface area contributed by atoms with E-state index in [0.29, 0.717) is 11.0 Å². The van der Waals surface area contributed by atoms with Gasteiger partial charge in [0.15, 0.2) is 17.9 Å². The number of ether oxygens (including phenoxy) is 6. The standard InChI is InChI=1S/C14H22O6S2/c1-13(2)17-8-7(6-15-12(21)22-5)16-11-10(9(8)18-13)19-14(3,4)20-11/h7-11H,6H2,1-5H3/t7-,8+,9+,10-,11-/m1/s1. The molecule has 126 valence electrons. The predicted octanol–water partition coefficient (Wildman–Crippen LogP) is 2.05. The molecule has 3 fully saturated rings. The largest absolute Gasteiger partial charge is 0.476 e. The summed E-state index contributed by atoms with van der Waals surface area (Å²) in [5.41, 5.74) is 0. The molecule has 0 spiro atoms. The lowest BCUT2D eigenvalue weighted by Crippen LogP contribution is -2.56. The van der Waals surface area contributed by atoms with E-state index in [9.17, 15) is 0 Å². The fraction of sp³-hybridized carbons (Fsp3) is 0.929. The van der Waals surface area contributed by atoms with Crippen LogP contribution in [0, 0.1) is 0 Å². The normalized spacial score (nSPS) is 41.8. The van der Waals surface area contributed by atoms with Crippen LogP contribution in [-0.4, -0.2) is 59.5 Å². The van der Waals surface area contributed by atoms with Gasteiger partial charge in [-0.2, -0.15) is 0 Å². The minimum absolute atomic E-state index is 0.257. The highest BCUT2D eigenvalue weighted by Gasteiger charge is 2.60. The second kappa shape index (κ2) is 5.84. The lowest BCUT2D eigenvalue weighted by Gasteiger charge is -2.37. The molecule has 0 N–H and O–H groups in total. The molecule has 3 saturated heterocycles. The van der Waals surface area contributed by atoms with E-state index < -0.39 is 17.9 Å². The van der Waals surface area contributed by atoms with Gasteiger partial charge in [-0.1, -0.05) is 11.8 Å². The third-order valence-electron chi connectivity index (χ3n) is 3.78. The van der Waals surface area contributed by atoms with Gasteiger partial charge in [0.25, 0.3) is 0 Å². The Morgan fingerprint density at radius 2 is 1.59 bits per heavy atom. The first-order valence-electron chi connectivity index (χ1n) is 7.28. The molecule has 3 aliphatic heterocycles. The number of hydrogen-bond donors (Lipinski definition) is 0. The van der Waals surface area contributed by atoms with Crippen LogP contribution in [0.2, 0.25) is 0 Å². The van der Waals surface area contributed by atoms with Crippen molar-refractivity contribution in [2.24, 2.45) is 0 Å². The average Bonchev–Trinajstić information content (AvgIpc) is 2.89. The second-order valence-corrected chi connectivity index (χ2v) is 7.88. The molecule has 0 aromatic heterocycles. The van der Waals surface area contributed by atoms with Crippen LogP contribution < -0.4 is 0 Å². The molecule has 5 atom stereocenters. The van der Waals surface area contributed by atoms with Gasteiger partial charge in [-0.05, 0) is 46.2 Å². The molecule has 3 rings (SSSR count). The van der Waals surface area contributed by atoms with Crippen molar-refractivity contribution in [1.29, 1.82) is 0 Å². The number of fused-ring (bicyclic) bond motifs is 3. The van der Waals surface area contributed by atoms with Gasteiger partial charge in [0.2, 0.25) is 4.38 Å². The predicted molar refractivity (Wildman–Crippen MR) is 84.6 cm³/mol. The molecule has 0 radical (unpaired) electrons. The first-order valence-corrected chi connectivity index (χ1v) is 8.91. The maximum Gasteiger partial charge on any atom is 0.219 e. The molecule has 0 unspecified atom stereocenters. The molecule has 3 aliphatic rings.